The Morgan fingerprint density at radius 2 is 2.14 bits per heavy atom. The lowest BCUT2D eigenvalue weighted by Crippen LogP contribution is -2.28. The molecular weight excluding hydrogens is 414 g/mol. The number of amides is 1. The fourth-order valence-corrected chi connectivity index (χ4v) is 5.42. The molecule has 1 atom stereocenters. The van der Waals surface area contributed by atoms with Gasteiger partial charge in [-0.05, 0) is 29.3 Å². The quantitative estimate of drug-likeness (QED) is 0.578. The maximum Gasteiger partial charge on any atom is 0.343 e. The molecule has 3 aromatic heterocycles. The predicted octanol–water partition coefficient (Wildman–Crippen LogP) is 3.57. The van der Waals surface area contributed by atoms with Crippen molar-refractivity contribution in [3.8, 4) is 0 Å². The molecular formula is C18H19N5O2S3. The van der Waals surface area contributed by atoms with Gasteiger partial charge in [0.2, 0.25) is 0 Å². The van der Waals surface area contributed by atoms with Gasteiger partial charge in [-0.3, -0.25) is 9.36 Å². The Hall–Kier alpha value is -2.17. The fraction of sp³-hybridized carbons (Fsp3) is 0.333. The van der Waals surface area contributed by atoms with Crippen molar-refractivity contribution in [1.82, 2.24) is 19.8 Å². The average Bonchev–Trinajstić information content (AvgIpc) is 3.47. The minimum Gasteiger partial charge on any atom is -0.272 e. The van der Waals surface area contributed by atoms with Crippen molar-refractivity contribution in [2.75, 3.05) is 5.75 Å². The lowest BCUT2D eigenvalue weighted by atomic mass is 10.1. The van der Waals surface area contributed by atoms with Gasteiger partial charge in [0, 0.05) is 17.8 Å². The van der Waals surface area contributed by atoms with E-state index in [2.05, 4.69) is 15.3 Å². The summed E-state index contributed by atoms with van der Waals surface area (Å²) in [7, 11) is 0. The smallest absolute Gasteiger partial charge is 0.272 e. The van der Waals surface area contributed by atoms with Crippen LogP contribution in [0.4, 0.5) is 0 Å². The second kappa shape index (κ2) is 8.46. The molecule has 3 aromatic rings. The number of rotatable bonds is 7. The van der Waals surface area contributed by atoms with E-state index in [-0.39, 0.29) is 23.4 Å². The normalized spacial score (nSPS) is 16.5. The molecule has 1 aliphatic rings. The van der Waals surface area contributed by atoms with Crippen molar-refractivity contribution in [3.05, 3.63) is 55.3 Å². The number of hydrogen-bond donors (Lipinski definition) is 1. The van der Waals surface area contributed by atoms with E-state index in [1.807, 2.05) is 41.9 Å². The summed E-state index contributed by atoms with van der Waals surface area (Å²) in [6.07, 6.45) is 1.53. The number of thiophene rings is 2. The van der Waals surface area contributed by atoms with Gasteiger partial charge in [0.1, 0.15) is 0 Å². The Labute approximate surface area is 174 Å². The summed E-state index contributed by atoms with van der Waals surface area (Å²) in [5.74, 6) is 0.0883. The molecule has 0 saturated carbocycles. The summed E-state index contributed by atoms with van der Waals surface area (Å²) < 4.78 is 1.57. The van der Waals surface area contributed by atoms with Crippen LogP contribution < -0.4 is 5.69 Å². The minimum atomic E-state index is -0.243. The molecule has 0 unspecified atom stereocenters. The third kappa shape index (κ3) is 3.85. The second-order valence-electron chi connectivity index (χ2n) is 6.25. The van der Waals surface area contributed by atoms with Gasteiger partial charge >= 0.3 is 5.69 Å². The lowest BCUT2D eigenvalue weighted by Gasteiger charge is -2.20. The van der Waals surface area contributed by atoms with Crippen LogP contribution in [0, 0.1) is 0 Å². The van der Waals surface area contributed by atoms with Crippen LogP contribution in [0.3, 0.4) is 0 Å². The monoisotopic (exact) mass is 433 g/mol. The Morgan fingerprint density at radius 1 is 1.32 bits per heavy atom. The summed E-state index contributed by atoms with van der Waals surface area (Å²) in [6, 6.07) is 7.98. The van der Waals surface area contributed by atoms with E-state index >= 15 is 0 Å². The van der Waals surface area contributed by atoms with E-state index in [9.17, 15) is 9.59 Å². The van der Waals surface area contributed by atoms with E-state index in [4.69, 9.17) is 0 Å². The van der Waals surface area contributed by atoms with Crippen LogP contribution in [-0.4, -0.2) is 37.1 Å². The van der Waals surface area contributed by atoms with E-state index < -0.39 is 0 Å². The van der Waals surface area contributed by atoms with Crippen LogP contribution >= 0.6 is 34.4 Å². The van der Waals surface area contributed by atoms with Gasteiger partial charge < -0.3 is 0 Å². The van der Waals surface area contributed by atoms with Crippen LogP contribution in [0.15, 0.2) is 50.1 Å². The van der Waals surface area contributed by atoms with Gasteiger partial charge in [0.15, 0.2) is 5.16 Å². The highest BCUT2D eigenvalue weighted by Crippen LogP contribution is 2.36. The molecule has 1 amide bonds. The second-order valence-corrected chi connectivity index (χ2v) is 9.12. The number of carbonyl (C=O) groups excluding carboxylic acids is 1. The van der Waals surface area contributed by atoms with Crippen LogP contribution in [0.5, 0.6) is 0 Å². The highest BCUT2D eigenvalue weighted by Gasteiger charge is 2.34. The number of aromatic nitrogens is 3. The molecule has 0 saturated heterocycles. The molecule has 0 fully saturated rings. The third-order valence-corrected chi connectivity index (χ3v) is 7.19. The first-order chi connectivity index (χ1) is 13.7. The summed E-state index contributed by atoms with van der Waals surface area (Å²) in [6.45, 7) is 2.57. The van der Waals surface area contributed by atoms with Gasteiger partial charge in [-0.2, -0.15) is 5.10 Å². The van der Waals surface area contributed by atoms with Gasteiger partial charge in [-0.25, -0.2) is 14.9 Å². The fourth-order valence-electron chi connectivity index (χ4n) is 3.06. The van der Waals surface area contributed by atoms with Gasteiger partial charge in [0.25, 0.3) is 5.91 Å². The van der Waals surface area contributed by atoms with Gasteiger partial charge in [-0.15, -0.1) is 27.8 Å². The highest BCUT2D eigenvalue weighted by molar-refractivity contribution is 7.99. The van der Waals surface area contributed by atoms with Crippen molar-refractivity contribution in [2.24, 2.45) is 5.10 Å². The summed E-state index contributed by atoms with van der Waals surface area (Å²) in [5.41, 5.74) is 0.696. The van der Waals surface area contributed by atoms with E-state index in [1.54, 1.807) is 32.2 Å². The molecule has 10 heteroatoms. The molecule has 28 heavy (non-hydrogen) atoms. The maximum absolute atomic E-state index is 13.0. The van der Waals surface area contributed by atoms with Crippen LogP contribution in [0.2, 0.25) is 0 Å². The zero-order chi connectivity index (χ0) is 19.5. The number of nitrogens with zero attached hydrogens (tertiary/aromatic N) is 4. The van der Waals surface area contributed by atoms with E-state index in [0.717, 1.165) is 21.9 Å². The SMILES string of the molecule is CCCn1c(SCC(=O)N2N=C(c3cccs3)C[C@H]2c2cccs2)n[nH]c1=O. The molecule has 0 aromatic carbocycles. The van der Waals surface area contributed by atoms with Gasteiger partial charge in [0.05, 0.1) is 22.4 Å². The number of carbonyl (C=O) groups is 1. The molecule has 4 heterocycles. The summed E-state index contributed by atoms with van der Waals surface area (Å²) >= 11 is 4.53. The van der Waals surface area contributed by atoms with Crippen LogP contribution in [0.25, 0.3) is 0 Å². The van der Waals surface area contributed by atoms with Crippen molar-refractivity contribution < 1.29 is 4.79 Å². The maximum atomic E-state index is 13.0. The predicted molar refractivity (Wildman–Crippen MR) is 113 cm³/mol. The lowest BCUT2D eigenvalue weighted by molar-refractivity contribution is -0.130. The Bertz CT molecular complexity index is 1020. The van der Waals surface area contributed by atoms with Crippen molar-refractivity contribution >= 4 is 46.1 Å². The van der Waals surface area contributed by atoms with Crippen LogP contribution in [-0.2, 0) is 11.3 Å². The van der Waals surface area contributed by atoms with Crippen molar-refractivity contribution in [3.63, 3.8) is 0 Å². The molecule has 0 aliphatic carbocycles. The topological polar surface area (TPSA) is 83.3 Å². The summed E-state index contributed by atoms with van der Waals surface area (Å²) in [4.78, 5) is 27.0. The number of hydrogen-bond acceptors (Lipinski definition) is 7. The van der Waals surface area contributed by atoms with Gasteiger partial charge in [-0.1, -0.05) is 30.8 Å². The third-order valence-electron chi connectivity index (χ3n) is 4.34. The zero-order valence-corrected chi connectivity index (χ0v) is 17.6. The number of nitrogens with one attached hydrogen (secondary N) is 1. The first kappa shape index (κ1) is 19.2. The molecule has 7 nitrogen and oxygen atoms in total. The van der Waals surface area contributed by atoms with E-state index in [0.29, 0.717) is 18.1 Å². The number of H-pyrrole nitrogens is 1. The molecule has 0 bridgehead atoms. The first-order valence-electron chi connectivity index (χ1n) is 8.92. The molecule has 0 radical (unpaired) electrons. The Morgan fingerprint density at radius 3 is 2.86 bits per heavy atom. The number of thioether (sulfide) groups is 1. The zero-order valence-electron chi connectivity index (χ0n) is 15.2. The molecule has 1 aliphatic heterocycles. The van der Waals surface area contributed by atoms with Crippen LogP contribution in [0.1, 0.15) is 35.6 Å². The van der Waals surface area contributed by atoms with Crippen molar-refractivity contribution in [2.45, 2.75) is 37.5 Å². The Balaban J connectivity index is 1.53. The molecule has 146 valence electrons. The molecule has 4 rings (SSSR count). The summed E-state index contributed by atoms with van der Waals surface area (Å²) in [5, 5.41) is 17.3. The highest BCUT2D eigenvalue weighted by atomic mass is 32.2. The standard InChI is InChI=1S/C18H19N5O2S3/c1-2-7-22-17(25)19-20-18(22)28-11-16(24)23-13(15-6-4-9-27-15)10-12(21-23)14-5-3-8-26-14/h3-6,8-9,13H,2,7,10-11H2,1H3,(H,19,25)/t13-/m0/s1. The largest absolute Gasteiger partial charge is 0.343 e. The average molecular weight is 434 g/mol. The first-order valence-corrected chi connectivity index (χ1v) is 11.7. The molecule has 0 spiro atoms. The Kier molecular flexibility index (Phi) is 5.79. The number of hydrazone groups is 1. The minimum absolute atomic E-state index is 0.0813. The van der Waals surface area contributed by atoms with E-state index in [1.165, 1.54) is 11.8 Å². The van der Waals surface area contributed by atoms with Crippen molar-refractivity contribution in [1.29, 1.82) is 0 Å². The number of aromatic amines is 1. The molecule has 1 N–H and O–H groups in total.